The van der Waals surface area contributed by atoms with Crippen LogP contribution in [0.5, 0.6) is 0 Å². The van der Waals surface area contributed by atoms with Crippen molar-refractivity contribution in [3.05, 3.63) is 0 Å². The highest BCUT2D eigenvalue weighted by molar-refractivity contribution is 7.99. The van der Waals surface area contributed by atoms with Gasteiger partial charge in [-0.2, -0.15) is 11.8 Å². The minimum Gasteiger partial charge on any atom is -0.354 e. The van der Waals surface area contributed by atoms with Crippen molar-refractivity contribution in [1.29, 1.82) is 0 Å². The third-order valence-electron chi connectivity index (χ3n) is 1.73. The van der Waals surface area contributed by atoms with Gasteiger partial charge in [-0.3, -0.25) is 9.59 Å². The van der Waals surface area contributed by atoms with Crippen LogP contribution in [0.3, 0.4) is 0 Å². The number of rotatable bonds is 7. The molecule has 0 aliphatic carbocycles. The van der Waals surface area contributed by atoms with E-state index in [2.05, 4.69) is 10.6 Å². The largest absolute Gasteiger partial charge is 0.354 e. The van der Waals surface area contributed by atoms with E-state index in [0.29, 0.717) is 12.3 Å². The highest BCUT2D eigenvalue weighted by Gasteiger charge is 2.18. The number of thioether (sulfide) groups is 1. The lowest BCUT2D eigenvalue weighted by atomic mass is 10.3. The Bertz CT molecular complexity index is 210. The number of amides is 2. The summed E-state index contributed by atoms with van der Waals surface area (Å²) < 4.78 is 0. The van der Waals surface area contributed by atoms with Gasteiger partial charge < -0.3 is 10.6 Å². The van der Waals surface area contributed by atoms with Crippen molar-refractivity contribution in [2.75, 3.05) is 18.1 Å². The van der Waals surface area contributed by atoms with Gasteiger partial charge in [-0.15, -0.1) is 0 Å². The summed E-state index contributed by atoms with van der Waals surface area (Å²) in [5.74, 6) is 1.32. The minimum atomic E-state index is -0.404. The normalized spacial score (nSPS) is 11.9. The molecule has 0 aliphatic heterocycles. The second-order valence-electron chi connectivity index (χ2n) is 3.20. The molecule has 0 bridgehead atoms. The molecule has 0 radical (unpaired) electrons. The lowest BCUT2D eigenvalue weighted by molar-refractivity contribution is -0.127. The molecule has 1 atom stereocenters. The molecular formula is C10H20N2O2S. The minimum absolute atomic E-state index is 0.0898. The highest BCUT2D eigenvalue weighted by atomic mass is 32.2. The van der Waals surface area contributed by atoms with Crippen molar-refractivity contribution in [1.82, 2.24) is 10.6 Å². The third kappa shape index (κ3) is 7.25. The summed E-state index contributed by atoms with van der Waals surface area (Å²) in [6.07, 6.45) is 0.902. The molecule has 0 saturated heterocycles. The van der Waals surface area contributed by atoms with E-state index in [1.54, 1.807) is 11.8 Å². The molecule has 0 spiro atoms. The predicted octanol–water partition coefficient (Wildman–Crippen LogP) is 0.770. The summed E-state index contributed by atoms with van der Waals surface area (Å²) in [4.78, 5) is 22.5. The molecule has 0 rings (SSSR count). The third-order valence-corrected chi connectivity index (χ3v) is 2.71. The number of carbonyl (C=O) groups excluding carboxylic acids is 2. The van der Waals surface area contributed by atoms with E-state index in [-0.39, 0.29) is 11.8 Å². The van der Waals surface area contributed by atoms with Gasteiger partial charge in [-0.05, 0) is 12.2 Å². The first-order chi connectivity index (χ1) is 7.11. The van der Waals surface area contributed by atoms with E-state index in [1.807, 2.05) is 13.8 Å². The highest BCUT2D eigenvalue weighted by Crippen LogP contribution is 2.02. The molecular weight excluding hydrogens is 212 g/mol. The van der Waals surface area contributed by atoms with Gasteiger partial charge in [0, 0.05) is 19.2 Å². The van der Waals surface area contributed by atoms with E-state index >= 15 is 0 Å². The van der Waals surface area contributed by atoms with Crippen LogP contribution in [-0.2, 0) is 9.59 Å². The first kappa shape index (κ1) is 14.3. The Balaban J connectivity index is 4.07. The topological polar surface area (TPSA) is 58.2 Å². The zero-order chi connectivity index (χ0) is 11.7. The molecule has 5 heteroatoms. The maximum Gasteiger partial charge on any atom is 0.243 e. The van der Waals surface area contributed by atoms with E-state index in [1.165, 1.54) is 6.92 Å². The molecule has 2 amide bonds. The Morgan fingerprint density at radius 2 is 2.00 bits per heavy atom. The van der Waals surface area contributed by atoms with Crippen molar-refractivity contribution in [2.24, 2.45) is 0 Å². The molecule has 4 nitrogen and oxygen atoms in total. The summed E-state index contributed by atoms with van der Waals surface area (Å²) in [5.41, 5.74) is 0. The molecule has 0 heterocycles. The van der Waals surface area contributed by atoms with E-state index in [0.717, 1.165) is 12.2 Å². The Morgan fingerprint density at radius 3 is 2.47 bits per heavy atom. The fraction of sp³-hybridized carbons (Fsp3) is 0.800. The quantitative estimate of drug-likeness (QED) is 0.681. The van der Waals surface area contributed by atoms with Gasteiger partial charge in [0.05, 0.1) is 0 Å². The van der Waals surface area contributed by atoms with Gasteiger partial charge in [-0.25, -0.2) is 0 Å². The van der Waals surface area contributed by atoms with Crippen molar-refractivity contribution in [3.8, 4) is 0 Å². The van der Waals surface area contributed by atoms with Gasteiger partial charge in [0.15, 0.2) is 0 Å². The SMILES string of the molecule is CCCNC(=O)C(CSCC)NC(C)=O. The number of nitrogens with one attached hydrogen (secondary N) is 2. The molecule has 1 unspecified atom stereocenters. The molecule has 0 aliphatic rings. The zero-order valence-electron chi connectivity index (χ0n) is 9.63. The second kappa shape index (κ2) is 8.59. The summed E-state index contributed by atoms with van der Waals surface area (Å²) in [7, 11) is 0. The Labute approximate surface area is 95.6 Å². The maximum atomic E-state index is 11.6. The average molecular weight is 232 g/mol. The zero-order valence-corrected chi connectivity index (χ0v) is 10.4. The molecule has 0 aromatic heterocycles. The van der Waals surface area contributed by atoms with E-state index in [9.17, 15) is 9.59 Å². The summed E-state index contributed by atoms with van der Waals surface area (Å²) in [6, 6.07) is -0.404. The molecule has 15 heavy (non-hydrogen) atoms. The Hall–Kier alpha value is -0.710. The monoisotopic (exact) mass is 232 g/mol. The lowest BCUT2D eigenvalue weighted by Crippen LogP contribution is -2.47. The fourth-order valence-electron chi connectivity index (χ4n) is 1.04. The van der Waals surface area contributed by atoms with Crippen LogP contribution in [0.25, 0.3) is 0 Å². The van der Waals surface area contributed by atoms with Crippen LogP contribution in [-0.4, -0.2) is 35.9 Å². The van der Waals surface area contributed by atoms with Crippen molar-refractivity contribution >= 4 is 23.6 Å². The van der Waals surface area contributed by atoms with Crippen LogP contribution in [0, 0.1) is 0 Å². The molecule has 0 saturated carbocycles. The predicted molar refractivity (Wildman–Crippen MR) is 63.9 cm³/mol. The molecule has 0 aromatic rings. The van der Waals surface area contributed by atoms with Crippen LogP contribution in [0.2, 0.25) is 0 Å². The first-order valence-electron chi connectivity index (χ1n) is 5.24. The number of carbonyl (C=O) groups is 2. The van der Waals surface area contributed by atoms with E-state index < -0.39 is 6.04 Å². The van der Waals surface area contributed by atoms with E-state index in [4.69, 9.17) is 0 Å². The number of hydrogen-bond acceptors (Lipinski definition) is 3. The van der Waals surface area contributed by atoms with Crippen molar-refractivity contribution < 1.29 is 9.59 Å². The summed E-state index contributed by atoms with van der Waals surface area (Å²) in [5, 5.41) is 5.43. The van der Waals surface area contributed by atoms with Crippen molar-refractivity contribution in [3.63, 3.8) is 0 Å². The first-order valence-corrected chi connectivity index (χ1v) is 6.39. The Morgan fingerprint density at radius 1 is 1.33 bits per heavy atom. The average Bonchev–Trinajstić information content (AvgIpc) is 2.20. The summed E-state index contributed by atoms with van der Waals surface area (Å²) >= 11 is 1.64. The van der Waals surface area contributed by atoms with Crippen LogP contribution < -0.4 is 10.6 Å². The van der Waals surface area contributed by atoms with Crippen LogP contribution in [0.1, 0.15) is 27.2 Å². The smallest absolute Gasteiger partial charge is 0.243 e. The second-order valence-corrected chi connectivity index (χ2v) is 4.52. The van der Waals surface area contributed by atoms with Gasteiger partial charge in [0.1, 0.15) is 6.04 Å². The van der Waals surface area contributed by atoms with Crippen LogP contribution in [0.15, 0.2) is 0 Å². The Kier molecular flexibility index (Phi) is 8.18. The van der Waals surface area contributed by atoms with Crippen LogP contribution >= 0.6 is 11.8 Å². The summed E-state index contributed by atoms with van der Waals surface area (Å²) in [6.45, 7) is 6.11. The van der Waals surface area contributed by atoms with Crippen molar-refractivity contribution in [2.45, 2.75) is 33.2 Å². The molecule has 88 valence electrons. The number of hydrogen-bond donors (Lipinski definition) is 2. The molecule has 0 aromatic carbocycles. The standard InChI is InChI=1S/C10H20N2O2S/c1-4-6-11-10(14)9(7-15-5-2)12-8(3)13/h9H,4-7H2,1-3H3,(H,11,14)(H,12,13). The fourth-order valence-corrected chi connectivity index (χ4v) is 1.74. The maximum absolute atomic E-state index is 11.6. The lowest BCUT2D eigenvalue weighted by Gasteiger charge is -2.16. The van der Waals surface area contributed by atoms with Gasteiger partial charge >= 0.3 is 0 Å². The molecule has 0 fully saturated rings. The van der Waals surface area contributed by atoms with Gasteiger partial charge in [-0.1, -0.05) is 13.8 Å². The van der Waals surface area contributed by atoms with Crippen LogP contribution in [0.4, 0.5) is 0 Å². The van der Waals surface area contributed by atoms with Gasteiger partial charge in [0.25, 0.3) is 0 Å². The molecule has 2 N–H and O–H groups in total. The van der Waals surface area contributed by atoms with Gasteiger partial charge in [0.2, 0.25) is 11.8 Å².